The molecule has 2 N–H and O–H groups in total. The molecule has 0 spiro atoms. The highest BCUT2D eigenvalue weighted by atomic mass is 127. The summed E-state index contributed by atoms with van der Waals surface area (Å²) >= 11 is 0. The minimum atomic E-state index is 0. The molecule has 2 fully saturated rings. The standard InChI is InChI=1S/C23H36N4O2.HI/c1-3-22(28)27-16-14-19(17-27)26-23(24-4-2)25-15-13-18-9-11-21(12-10-18)29-20-7-5-6-8-20;/h9-12,19-20H,3-8,13-17H2,1-2H3,(H2,24,25,26);1H. The van der Waals surface area contributed by atoms with Gasteiger partial charge in [0, 0.05) is 38.6 Å². The maximum Gasteiger partial charge on any atom is 0.222 e. The van der Waals surface area contributed by atoms with E-state index in [1.165, 1.54) is 31.2 Å². The monoisotopic (exact) mass is 528 g/mol. The van der Waals surface area contributed by atoms with Gasteiger partial charge in [-0.3, -0.25) is 9.79 Å². The Morgan fingerprint density at radius 1 is 1.17 bits per heavy atom. The van der Waals surface area contributed by atoms with E-state index in [0.717, 1.165) is 50.7 Å². The Bertz CT molecular complexity index is 674. The summed E-state index contributed by atoms with van der Waals surface area (Å²) in [5.74, 6) is 2.05. The highest BCUT2D eigenvalue weighted by Crippen LogP contribution is 2.24. The van der Waals surface area contributed by atoms with Crippen molar-refractivity contribution in [1.29, 1.82) is 0 Å². The van der Waals surface area contributed by atoms with E-state index in [4.69, 9.17) is 9.73 Å². The van der Waals surface area contributed by atoms with Crippen LogP contribution in [0.5, 0.6) is 5.75 Å². The van der Waals surface area contributed by atoms with Crippen molar-refractivity contribution in [2.45, 2.75) is 70.9 Å². The van der Waals surface area contributed by atoms with E-state index < -0.39 is 0 Å². The molecule has 1 aromatic carbocycles. The maximum absolute atomic E-state index is 11.9. The number of guanidine groups is 1. The lowest BCUT2D eigenvalue weighted by Crippen LogP contribution is -2.45. The number of carbonyl (C=O) groups is 1. The van der Waals surface area contributed by atoms with Gasteiger partial charge < -0.3 is 20.3 Å². The third kappa shape index (κ3) is 7.63. The summed E-state index contributed by atoms with van der Waals surface area (Å²) in [6.45, 7) is 7.13. The molecule has 1 saturated carbocycles. The van der Waals surface area contributed by atoms with Gasteiger partial charge in [-0.25, -0.2) is 0 Å². The summed E-state index contributed by atoms with van der Waals surface area (Å²) in [5.41, 5.74) is 1.27. The lowest BCUT2D eigenvalue weighted by atomic mass is 10.1. The number of hydrogen-bond acceptors (Lipinski definition) is 3. The summed E-state index contributed by atoms with van der Waals surface area (Å²) < 4.78 is 6.04. The van der Waals surface area contributed by atoms with Crippen LogP contribution in [0.2, 0.25) is 0 Å². The number of aliphatic imine (C=N–C) groups is 1. The second-order valence-electron chi connectivity index (χ2n) is 8.00. The number of carbonyl (C=O) groups excluding carboxylic acids is 1. The zero-order valence-electron chi connectivity index (χ0n) is 18.4. The Morgan fingerprint density at radius 2 is 1.90 bits per heavy atom. The van der Waals surface area contributed by atoms with Crippen molar-refractivity contribution in [2.75, 3.05) is 26.2 Å². The van der Waals surface area contributed by atoms with Crippen LogP contribution in [-0.2, 0) is 11.2 Å². The topological polar surface area (TPSA) is 66.0 Å². The van der Waals surface area contributed by atoms with Gasteiger partial charge in [-0.2, -0.15) is 0 Å². The van der Waals surface area contributed by atoms with Gasteiger partial charge in [-0.15, -0.1) is 24.0 Å². The predicted octanol–water partition coefficient (Wildman–Crippen LogP) is 3.73. The zero-order chi connectivity index (χ0) is 20.5. The summed E-state index contributed by atoms with van der Waals surface area (Å²) in [5, 5.41) is 6.81. The van der Waals surface area contributed by atoms with Crippen LogP contribution in [0.1, 0.15) is 57.9 Å². The number of likely N-dealkylation sites (tertiary alicyclic amines) is 1. The van der Waals surface area contributed by atoms with Gasteiger partial charge in [0.25, 0.3) is 0 Å². The average Bonchev–Trinajstić information content (AvgIpc) is 3.41. The average molecular weight is 528 g/mol. The molecule has 0 radical (unpaired) electrons. The molecular weight excluding hydrogens is 491 g/mol. The minimum Gasteiger partial charge on any atom is -0.490 e. The van der Waals surface area contributed by atoms with Gasteiger partial charge >= 0.3 is 0 Å². The van der Waals surface area contributed by atoms with Crippen LogP contribution >= 0.6 is 24.0 Å². The number of nitrogens with one attached hydrogen (secondary N) is 2. The SMILES string of the molecule is CCNC(=NCCc1ccc(OC2CCCC2)cc1)NC1CCN(C(=O)CC)C1.I. The molecule has 1 heterocycles. The van der Waals surface area contributed by atoms with Crippen LogP contribution in [0.4, 0.5) is 0 Å². The predicted molar refractivity (Wildman–Crippen MR) is 133 cm³/mol. The first kappa shape index (κ1) is 24.8. The van der Waals surface area contributed by atoms with Crippen molar-refractivity contribution < 1.29 is 9.53 Å². The molecule has 1 atom stereocenters. The van der Waals surface area contributed by atoms with Crippen molar-refractivity contribution in [2.24, 2.45) is 4.99 Å². The van der Waals surface area contributed by atoms with Crippen LogP contribution in [0.3, 0.4) is 0 Å². The molecule has 1 saturated heterocycles. The second kappa shape index (κ2) is 13.0. The second-order valence-corrected chi connectivity index (χ2v) is 8.00. The van der Waals surface area contributed by atoms with E-state index in [0.29, 0.717) is 12.5 Å². The first-order chi connectivity index (χ1) is 14.2. The van der Waals surface area contributed by atoms with Crippen molar-refractivity contribution in [3.8, 4) is 5.75 Å². The van der Waals surface area contributed by atoms with Gasteiger partial charge in [0.1, 0.15) is 5.75 Å². The molecule has 0 aromatic heterocycles. The zero-order valence-corrected chi connectivity index (χ0v) is 20.7. The Labute approximate surface area is 198 Å². The number of ether oxygens (including phenoxy) is 1. The number of hydrogen-bond donors (Lipinski definition) is 2. The Kier molecular flexibility index (Phi) is 10.7. The fraction of sp³-hybridized carbons (Fsp3) is 0.652. The molecule has 1 aliphatic carbocycles. The normalized spacial score (nSPS) is 19.5. The maximum atomic E-state index is 11.9. The molecule has 7 heteroatoms. The first-order valence-electron chi connectivity index (χ1n) is 11.3. The molecule has 168 valence electrons. The first-order valence-corrected chi connectivity index (χ1v) is 11.3. The van der Waals surface area contributed by atoms with Crippen LogP contribution in [-0.4, -0.2) is 55.1 Å². The van der Waals surface area contributed by atoms with Crippen LogP contribution in [0, 0.1) is 0 Å². The number of rotatable bonds is 8. The molecule has 30 heavy (non-hydrogen) atoms. The molecular formula is C23H37IN4O2. The van der Waals surface area contributed by atoms with E-state index in [1.54, 1.807) is 0 Å². The molecule has 1 amide bonds. The number of halogens is 1. The number of nitrogens with zero attached hydrogens (tertiary/aromatic N) is 2. The minimum absolute atomic E-state index is 0. The third-order valence-electron chi connectivity index (χ3n) is 5.73. The molecule has 0 bridgehead atoms. The van der Waals surface area contributed by atoms with E-state index in [9.17, 15) is 4.79 Å². The number of amides is 1. The van der Waals surface area contributed by atoms with Crippen molar-refractivity contribution >= 4 is 35.8 Å². The van der Waals surface area contributed by atoms with E-state index in [-0.39, 0.29) is 35.9 Å². The van der Waals surface area contributed by atoms with Gasteiger partial charge in [-0.1, -0.05) is 19.1 Å². The van der Waals surface area contributed by atoms with Gasteiger partial charge in [-0.05, 0) is 63.1 Å². The molecule has 2 aliphatic rings. The molecule has 6 nitrogen and oxygen atoms in total. The highest BCUT2D eigenvalue weighted by Gasteiger charge is 2.25. The van der Waals surface area contributed by atoms with E-state index >= 15 is 0 Å². The highest BCUT2D eigenvalue weighted by molar-refractivity contribution is 14.0. The van der Waals surface area contributed by atoms with Gasteiger partial charge in [0.05, 0.1) is 6.10 Å². The van der Waals surface area contributed by atoms with Crippen LogP contribution < -0.4 is 15.4 Å². The molecule has 1 aliphatic heterocycles. The van der Waals surface area contributed by atoms with Crippen LogP contribution in [0.25, 0.3) is 0 Å². The fourth-order valence-electron chi connectivity index (χ4n) is 4.07. The lowest BCUT2D eigenvalue weighted by Gasteiger charge is -2.18. The van der Waals surface area contributed by atoms with Gasteiger partial charge in [0.2, 0.25) is 5.91 Å². The Hall–Kier alpha value is -1.51. The van der Waals surface area contributed by atoms with E-state index in [2.05, 4.69) is 41.8 Å². The summed E-state index contributed by atoms with van der Waals surface area (Å²) in [4.78, 5) is 18.5. The molecule has 1 aromatic rings. The summed E-state index contributed by atoms with van der Waals surface area (Å²) in [7, 11) is 0. The van der Waals surface area contributed by atoms with E-state index in [1.807, 2.05) is 11.8 Å². The fourth-order valence-corrected chi connectivity index (χ4v) is 4.07. The quantitative estimate of drug-likeness (QED) is 0.307. The molecule has 3 rings (SSSR count). The van der Waals surface area contributed by atoms with Crippen molar-refractivity contribution in [3.63, 3.8) is 0 Å². The largest absolute Gasteiger partial charge is 0.490 e. The van der Waals surface area contributed by atoms with Gasteiger partial charge in [0.15, 0.2) is 5.96 Å². The number of benzene rings is 1. The Morgan fingerprint density at radius 3 is 2.57 bits per heavy atom. The molecule has 1 unspecified atom stereocenters. The summed E-state index contributed by atoms with van der Waals surface area (Å²) in [6, 6.07) is 8.73. The van der Waals surface area contributed by atoms with Crippen LogP contribution in [0.15, 0.2) is 29.3 Å². The van der Waals surface area contributed by atoms with Crippen molar-refractivity contribution in [1.82, 2.24) is 15.5 Å². The third-order valence-corrected chi connectivity index (χ3v) is 5.73. The lowest BCUT2D eigenvalue weighted by molar-refractivity contribution is -0.129. The smallest absolute Gasteiger partial charge is 0.222 e. The summed E-state index contributed by atoms with van der Waals surface area (Å²) in [6.07, 6.45) is 7.78. The van der Waals surface area contributed by atoms with Crippen molar-refractivity contribution in [3.05, 3.63) is 29.8 Å². The Balaban J connectivity index is 0.00000320.